The van der Waals surface area contributed by atoms with E-state index >= 15 is 0 Å². The standard InChI is InChI=1S/C21H34N/c1-13(2)11-16-12-15(4)17-9-10-21(5,22-6)18-8-7-14(3)19(16)20(17)18/h11,15-20H,3,7-10,12H2,1-2,4-6H3/q-1/t15-,16+,17+,18+,19-,20+,21-/m0/s1. The van der Waals surface area contributed by atoms with Crippen molar-refractivity contribution < 1.29 is 0 Å². The Morgan fingerprint density at radius 1 is 1.32 bits per heavy atom. The maximum atomic E-state index is 4.88. The van der Waals surface area contributed by atoms with Crippen LogP contribution in [0, 0.1) is 35.5 Å². The van der Waals surface area contributed by atoms with Gasteiger partial charge in [0.25, 0.3) is 0 Å². The predicted octanol–water partition coefficient (Wildman–Crippen LogP) is 5.98. The molecule has 0 aromatic rings. The van der Waals surface area contributed by atoms with Crippen LogP contribution in [-0.4, -0.2) is 12.6 Å². The van der Waals surface area contributed by atoms with E-state index in [1.807, 2.05) is 0 Å². The summed E-state index contributed by atoms with van der Waals surface area (Å²) in [6.45, 7) is 14.0. The molecule has 3 fully saturated rings. The molecule has 0 saturated heterocycles. The highest BCUT2D eigenvalue weighted by atomic mass is 15.0. The van der Waals surface area contributed by atoms with E-state index in [-0.39, 0.29) is 5.54 Å². The molecule has 3 saturated carbocycles. The first kappa shape index (κ1) is 16.3. The first-order valence-corrected chi connectivity index (χ1v) is 9.31. The molecular formula is C21H34N-. The van der Waals surface area contributed by atoms with E-state index in [1.165, 1.54) is 37.7 Å². The molecule has 0 heterocycles. The molecule has 0 unspecified atom stereocenters. The Kier molecular flexibility index (Phi) is 4.31. The molecule has 3 aliphatic carbocycles. The fourth-order valence-corrected chi connectivity index (χ4v) is 6.23. The molecule has 0 radical (unpaired) electrons. The van der Waals surface area contributed by atoms with Crippen molar-refractivity contribution in [3.63, 3.8) is 0 Å². The van der Waals surface area contributed by atoms with Crippen LogP contribution in [-0.2, 0) is 0 Å². The molecule has 0 aromatic carbocycles. The highest BCUT2D eigenvalue weighted by Gasteiger charge is 2.52. The summed E-state index contributed by atoms with van der Waals surface area (Å²) in [6.07, 6.45) is 9.14. The summed E-state index contributed by atoms with van der Waals surface area (Å²) in [4.78, 5) is 0. The van der Waals surface area contributed by atoms with Gasteiger partial charge in [0.15, 0.2) is 0 Å². The number of hydrogen-bond donors (Lipinski definition) is 0. The van der Waals surface area contributed by atoms with Crippen LogP contribution in [0.5, 0.6) is 0 Å². The molecule has 1 nitrogen and oxygen atoms in total. The van der Waals surface area contributed by atoms with E-state index in [9.17, 15) is 0 Å². The van der Waals surface area contributed by atoms with Gasteiger partial charge in [0.2, 0.25) is 0 Å². The van der Waals surface area contributed by atoms with Crippen molar-refractivity contribution in [2.45, 2.75) is 65.3 Å². The van der Waals surface area contributed by atoms with Gasteiger partial charge in [0.1, 0.15) is 0 Å². The number of rotatable bonds is 2. The van der Waals surface area contributed by atoms with Crippen LogP contribution in [0.25, 0.3) is 5.32 Å². The molecule has 22 heavy (non-hydrogen) atoms. The highest BCUT2D eigenvalue weighted by molar-refractivity contribution is 5.23. The summed E-state index contributed by atoms with van der Waals surface area (Å²) in [5.41, 5.74) is 3.23. The molecule has 0 N–H and O–H groups in total. The SMILES string of the molecule is C=C1CC[C@@H]2[C@H]3[C@H](CC[C@]2(C)[N-]C)[C@@H](C)C[C@@H](C=C(C)C)[C@H]13. The van der Waals surface area contributed by atoms with E-state index in [4.69, 9.17) is 5.32 Å². The summed E-state index contributed by atoms with van der Waals surface area (Å²) in [7, 11) is 2.05. The first-order chi connectivity index (χ1) is 10.4. The fourth-order valence-electron chi connectivity index (χ4n) is 6.23. The van der Waals surface area contributed by atoms with E-state index in [0.717, 1.165) is 35.5 Å². The minimum atomic E-state index is 0.215. The van der Waals surface area contributed by atoms with Gasteiger partial charge in [-0.25, -0.2) is 0 Å². The van der Waals surface area contributed by atoms with Gasteiger partial charge >= 0.3 is 0 Å². The topological polar surface area (TPSA) is 14.1 Å². The number of allylic oxidation sites excluding steroid dienone is 3. The molecular weight excluding hydrogens is 266 g/mol. The maximum absolute atomic E-state index is 4.88. The summed E-state index contributed by atoms with van der Waals surface area (Å²) < 4.78 is 0. The normalized spacial score (nSPS) is 47.8. The number of hydrogen-bond acceptors (Lipinski definition) is 0. The van der Waals surface area contributed by atoms with Crippen molar-refractivity contribution in [3.05, 3.63) is 29.1 Å². The average molecular weight is 301 g/mol. The zero-order chi connectivity index (χ0) is 16.1. The third-order valence-corrected chi connectivity index (χ3v) is 7.30. The Bertz CT molecular complexity index is 472. The molecule has 7 atom stereocenters. The molecule has 0 bridgehead atoms. The molecule has 0 amide bonds. The van der Waals surface area contributed by atoms with E-state index < -0.39 is 0 Å². The van der Waals surface area contributed by atoms with Crippen LogP contribution in [0.15, 0.2) is 23.8 Å². The zero-order valence-electron chi connectivity index (χ0n) is 15.2. The Balaban J connectivity index is 2.00. The van der Waals surface area contributed by atoms with Gasteiger partial charge in [-0.05, 0) is 62.7 Å². The van der Waals surface area contributed by atoms with E-state index in [0.29, 0.717) is 0 Å². The minimum Gasteiger partial charge on any atom is -0.659 e. The predicted molar refractivity (Wildman–Crippen MR) is 96.0 cm³/mol. The third-order valence-electron chi connectivity index (χ3n) is 7.30. The van der Waals surface area contributed by atoms with Crippen LogP contribution >= 0.6 is 0 Å². The smallest absolute Gasteiger partial charge is 0.0109 e. The van der Waals surface area contributed by atoms with E-state index in [2.05, 4.69) is 47.4 Å². The lowest BCUT2D eigenvalue weighted by molar-refractivity contribution is -0.0407. The van der Waals surface area contributed by atoms with Gasteiger partial charge in [-0.2, -0.15) is 7.05 Å². The van der Waals surface area contributed by atoms with Crippen molar-refractivity contribution in [2.75, 3.05) is 7.05 Å². The van der Waals surface area contributed by atoms with E-state index in [1.54, 1.807) is 5.57 Å². The number of nitrogens with zero attached hydrogens (tertiary/aromatic N) is 1. The first-order valence-electron chi connectivity index (χ1n) is 9.31. The quantitative estimate of drug-likeness (QED) is 0.557. The second-order valence-corrected chi connectivity index (χ2v) is 8.81. The van der Waals surface area contributed by atoms with Crippen molar-refractivity contribution >= 4 is 0 Å². The summed E-state index contributed by atoms with van der Waals surface area (Å²) in [5, 5.41) is 4.88. The Morgan fingerprint density at radius 3 is 2.68 bits per heavy atom. The maximum Gasteiger partial charge on any atom is -0.0109 e. The molecule has 0 spiro atoms. The monoisotopic (exact) mass is 300 g/mol. The van der Waals surface area contributed by atoms with Gasteiger partial charge in [-0.3, -0.25) is 0 Å². The molecule has 1 heteroatoms. The lowest BCUT2D eigenvalue weighted by Crippen LogP contribution is -2.55. The minimum absolute atomic E-state index is 0.215. The van der Waals surface area contributed by atoms with Gasteiger partial charge < -0.3 is 5.32 Å². The zero-order valence-corrected chi connectivity index (χ0v) is 15.2. The largest absolute Gasteiger partial charge is 0.659 e. The molecule has 124 valence electrons. The van der Waals surface area contributed by atoms with Gasteiger partial charge in [-0.1, -0.05) is 56.4 Å². The highest BCUT2D eigenvalue weighted by Crippen LogP contribution is 2.61. The van der Waals surface area contributed by atoms with Crippen LogP contribution in [0.1, 0.15) is 59.8 Å². The molecule has 3 rings (SSSR count). The molecule has 0 aliphatic heterocycles. The fraction of sp³-hybridized carbons (Fsp3) is 0.810. The lowest BCUT2D eigenvalue weighted by Gasteiger charge is -2.64. The second kappa shape index (κ2) is 5.82. The van der Waals surface area contributed by atoms with Gasteiger partial charge in [-0.15, -0.1) is 5.54 Å². The van der Waals surface area contributed by atoms with Gasteiger partial charge in [0, 0.05) is 0 Å². The van der Waals surface area contributed by atoms with Crippen LogP contribution in [0.3, 0.4) is 0 Å². The van der Waals surface area contributed by atoms with Crippen LogP contribution in [0.4, 0.5) is 0 Å². The third kappa shape index (κ3) is 2.50. The van der Waals surface area contributed by atoms with Crippen molar-refractivity contribution in [1.29, 1.82) is 0 Å². The van der Waals surface area contributed by atoms with Crippen molar-refractivity contribution in [1.82, 2.24) is 0 Å². The average Bonchev–Trinajstić information content (AvgIpc) is 2.45. The second-order valence-electron chi connectivity index (χ2n) is 8.81. The van der Waals surface area contributed by atoms with Gasteiger partial charge in [0.05, 0.1) is 0 Å². The summed E-state index contributed by atoms with van der Waals surface area (Å²) in [6, 6.07) is 0. The Labute approximate surface area is 137 Å². The summed E-state index contributed by atoms with van der Waals surface area (Å²) >= 11 is 0. The van der Waals surface area contributed by atoms with Crippen LogP contribution < -0.4 is 0 Å². The molecule has 0 aromatic heterocycles. The Morgan fingerprint density at radius 2 is 2.05 bits per heavy atom. The Hall–Kier alpha value is -0.560. The lowest BCUT2D eigenvalue weighted by atomic mass is 9.46. The van der Waals surface area contributed by atoms with Crippen molar-refractivity contribution in [2.24, 2.45) is 35.5 Å². The summed E-state index contributed by atoms with van der Waals surface area (Å²) in [5.74, 6) is 4.81. The van der Waals surface area contributed by atoms with Crippen LogP contribution in [0.2, 0.25) is 0 Å². The van der Waals surface area contributed by atoms with Crippen molar-refractivity contribution in [3.8, 4) is 0 Å². The molecule has 3 aliphatic rings.